The molecular formula is C27H26N2O5. The number of carbonyl (C=O) groups is 3. The first-order valence-corrected chi connectivity index (χ1v) is 11.2. The summed E-state index contributed by atoms with van der Waals surface area (Å²) >= 11 is 0. The average Bonchev–Trinajstić information content (AvgIpc) is 3.16. The van der Waals surface area contributed by atoms with E-state index in [0.717, 1.165) is 22.3 Å². The van der Waals surface area contributed by atoms with Crippen LogP contribution in [0.4, 0.5) is 10.5 Å². The highest BCUT2D eigenvalue weighted by atomic mass is 16.5. The van der Waals surface area contributed by atoms with E-state index < -0.39 is 24.0 Å². The molecule has 0 fully saturated rings. The summed E-state index contributed by atoms with van der Waals surface area (Å²) in [5.74, 6) is -1.66. The summed E-state index contributed by atoms with van der Waals surface area (Å²) in [6.07, 6.45) is -0.364. The maximum atomic E-state index is 12.6. The summed E-state index contributed by atoms with van der Waals surface area (Å²) in [6.45, 7) is 3.55. The van der Waals surface area contributed by atoms with Crippen LogP contribution in [0.15, 0.2) is 66.7 Å². The van der Waals surface area contributed by atoms with Crippen LogP contribution in [0.5, 0.6) is 0 Å². The number of hydrogen-bond acceptors (Lipinski definition) is 4. The second-order valence-corrected chi connectivity index (χ2v) is 8.20. The molecule has 1 unspecified atom stereocenters. The molecule has 3 N–H and O–H groups in total. The number of fused-ring (bicyclic) bond motifs is 3. The third-order valence-electron chi connectivity index (χ3n) is 6.17. The second kappa shape index (κ2) is 9.79. The maximum absolute atomic E-state index is 12.6. The lowest BCUT2D eigenvalue weighted by Gasteiger charge is -2.17. The molecule has 174 valence electrons. The molecule has 0 aliphatic heterocycles. The van der Waals surface area contributed by atoms with E-state index in [1.807, 2.05) is 36.4 Å². The van der Waals surface area contributed by atoms with Crippen LogP contribution in [0.1, 0.15) is 46.3 Å². The van der Waals surface area contributed by atoms with E-state index in [2.05, 4.69) is 22.8 Å². The Bertz CT molecular complexity index is 1210. The number of aliphatic carboxylic acids is 1. The summed E-state index contributed by atoms with van der Waals surface area (Å²) in [5, 5.41) is 14.4. The molecular weight excluding hydrogens is 432 g/mol. The fraction of sp³-hybridized carbons (Fsp3) is 0.222. The van der Waals surface area contributed by atoms with Crippen molar-refractivity contribution in [2.75, 3.05) is 11.9 Å². The van der Waals surface area contributed by atoms with Crippen LogP contribution in [0.2, 0.25) is 0 Å². The molecule has 34 heavy (non-hydrogen) atoms. The predicted molar refractivity (Wildman–Crippen MR) is 129 cm³/mol. The lowest BCUT2D eigenvalue weighted by atomic mass is 9.98. The molecule has 4 rings (SSSR count). The van der Waals surface area contributed by atoms with E-state index in [4.69, 9.17) is 4.74 Å². The van der Waals surface area contributed by atoms with Crippen LogP contribution in [0.3, 0.4) is 0 Å². The van der Waals surface area contributed by atoms with Crippen LogP contribution in [-0.4, -0.2) is 35.7 Å². The molecule has 1 aliphatic carbocycles. The Morgan fingerprint density at radius 3 is 2.15 bits per heavy atom. The van der Waals surface area contributed by atoms with Gasteiger partial charge in [0.15, 0.2) is 0 Å². The summed E-state index contributed by atoms with van der Waals surface area (Å²) in [4.78, 5) is 36.5. The van der Waals surface area contributed by atoms with Gasteiger partial charge in [-0.1, -0.05) is 61.5 Å². The highest BCUT2D eigenvalue weighted by Gasteiger charge is 2.29. The topological polar surface area (TPSA) is 105 Å². The van der Waals surface area contributed by atoms with Crippen molar-refractivity contribution in [2.24, 2.45) is 0 Å². The Hall–Kier alpha value is -4.13. The number of carboxylic acid groups (broad SMARTS) is 1. The third-order valence-corrected chi connectivity index (χ3v) is 6.17. The molecule has 1 aliphatic rings. The normalized spacial score (nSPS) is 12.9. The van der Waals surface area contributed by atoms with Crippen molar-refractivity contribution < 1.29 is 24.2 Å². The van der Waals surface area contributed by atoms with Gasteiger partial charge in [0.05, 0.1) is 0 Å². The molecule has 3 aromatic carbocycles. The van der Waals surface area contributed by atoms with Crippen LogP contribution in [0, 0.1) is 6.92 Å². The zero-order chi connectivity index (χ0) is 24.2. The van der Waals surface area contributed by atoms with Gasteiger partial charge in [0.25, 0.3) is 5.91 Å². The molecule has 0 bridgehead atoms. The fourth-order valence-electron chi connectivity index (χ4n) is 4.34. The zero-order valence-corrected chi connectivity index (χ0v) is 19.0. The minimum Gasteiger partial charge on any atom is -0.480 e. The van der Waals surface area contributed by atoms with E-state index in [1.54, 1.807) is 32.0 Å². The van der Waals surface area contributed by atoms with Gasteiger partial charge in [-0.2, -0.15) is 0 Å². The highest BCUT2D eigenvalue weighted by Crippen LogP contribution is 2.44. The van der Waals surface area contributed by atoms with Crippen molar-refractivity contribution in [1.82, 2.24) is 5.32 Å². The lowest BCUT2D eigenvalue weighted by molar-refractivity contribution is -0.139. The summed E-state index contributed by atoms with van der Waals surface area (Å²) in [5.41, 5.74) is 5.77. The summed E-state index contributed by atoms with van der Waals surface area (Å²) in [6, 6.07) is 20.1. The van der Waals surface area contributed by atoms with E-state index in [-0.39, 0.29) is 24.5 Å². The van der Waals surface area contributed by atoms with Crippen molar-refractivity contribution in [3.63, 3.8) is 0 Å². The number of amides is 2. The first kappa shape index (κ1) is 23.0. The van der Waals surface area contributed by atoms with Gasteiger partial charge >= 0.3 is 12.1 Å². The van der Waals surface area contributed by atoms with Gasteiger partial charge in [0.2, 0.25) is 0 Å². The van der Waals surface area contributed by atoms with Crippen molar-refractivity contribution in [3.8, 4) is 11.1 Å². The Labute approximate surface area is 197 Å². The largest absolute Gasteiger partial charge is 0.480 e. The van der Waals surface area contributed by atoms with Crippen LogP contribution in [0.25, 0.3) is 11.1 Å². The third kappa shape index (κ3) is 4.50. The minimum atomic E-state index is -1.10. The number of rotatable bonds is 7. The lowest BCUT2D eigenvalue weighted by Crippen LogP contribution is -2.40. The number of carboxylic acids is 1. The molecule has 7 heteroatoms. The van der Waals surface area contributed by atoms with Gasteiger partial charge < -0.3 is 15.2 Å². The zero-order valence-electron chi connectivity index (χ0n) is 19.0. The molecule has 3 aromatic rings. The van der Waals surface area contributed by atoms with Gasteiger partial charge in [0, 0.05) is 17.2 Å². The smallest absolute Gasteiger partial charge is 0.411 e. The van der Waals surface area contributed by atoms with Gasteiger partial charge in [-0.3, -0.25) is 10.1 Å². The number of ether oxygens (including phenoxy) is 1. The Balaban J connectivity index is 1.45. The first-order chi connectivity index (χ1) is 16.4. The predicted octanol–water partition coefficient (Wildman–Crippen LogP) is 4.95. The maximum Gasteiger partial charge on any atom is 0.411 e. The average molecular weight is 459 g/mol. The number of benzene rings is 3. The van der Waals surface area contributed by atoms with Gasteiger partial charge in [-0.15, -0.1) is 0 Å². The Morgan fingerprint density at radius 1 is 0.941 bits per heavy atom. The van der Waals surface area contributed by atoms with Gasteiger partial charge in [-0.05, 0) is 53.3 Å². The summed E-state index contributed by atoms with van der Waals surface area (Å²) < 4.78 is 5.58. The van der Waals surface area contributed by atoms with Crippen molar-refractivity contribution in [3.05, 3.63) is 89.0 Å². The molecule has 0 spiro atoms. The van der Waals surface area contributed by atoms with E-state index >= 15 is 0 Å². The minimum absolute atomic E-state index is 0.0571. The van der Waals surface area contributed by atoms with Gasteiger partial charge in [0.1, 0.15) is 12.6 Å². The number of nitrogens with one attached hydrogen (secondary N) is 2. The Kier molecular flexibility index (Phi) is 6.63. The fourth-order valence-corrected chi connectivity index (χ4v) is 4.34. The highest BCUT2D eigenvalue weighted by molar-refractivity contribution is 6.00. The van der Waals surface area contributed by atoms with E-state index in [1.165, 1.54) is 0 Å². The molecule has 0 saturated heterocycles. The van der Waals surface area contributed by atoms with Crippen LogP contribution >= 0.6 is 0 Å². The number of hydrogen-bond donors (Lipinski definition) is 3. The van der Waals surface area contributed by atoms with Crippen molar-refractivity contribution in [1.29, 1.82) is 0 Å². The molecule has 1 atom stereocenters. The standard InChI is InChI=1S/C27H26N2O5/c1-3-23(26(31)32)28-25(30)17-13-8-14-24(16(17)2)29-27(33)34-15-22-20-11-6-4-9-18(20)19-10-5-7-12-21(19)22/h4-14,22-23H,3,15H2,1-2H3,(H,28,30)(H,29,33)(H,31,32). The second-order valence-electron chi connectivity index (χ2n) is 8.20. The first-order valence-electron chi connectivity index (χ1n) is 11.2. The Morgan fingerprint density at radius 2 is 1.56 bits per heavy atom. The van der Waals surface area contributed by atoms with Crippen LogP contribution in [-0.2, 0) is 9.53 Å². The number of anilines is 1. The SMILES string of the molecule is CCC(NC(=O)c1cccc(NC(=O)OCC2c3ccccc3-c3ccccc32)c1C)C(=O)O. The molecule has 0 aromatic heterocycles. The quantitative estimate of drug-likeness (QED) is 0.465. The van der Waals surface area contributed by atoms with E-state index in [9.17, 15) is 19.5 Å². The summed E-state index contributed by atoms with van der Waals surface area (Å²) in [7, 11) is 0. The number of carbonyl (C=O) groups excluding carboxylic acids is 2. The molecule has 7 nitrogen and oxygen atoms in total. The molecule has 0 radical (unpaired) electrons. The van der Waals surface area contributed by atoms with Crippen LogP contribution < -0.4 is 10.6 Å². The van der Waals surface area contributed by atoms with Crippen molar-refractivity contribution >= 4 is 23.7 Å². The van der Waals surface area contributed by atoms with Gasteiger partial charge in [-0.25, -0.2) is 9.59 Å². The van der Waals surface area contributed by atoms with Crippen molar-refractivity contribution in [2.45, 2.75) is 32.2 Å². The van der Waals surface area contributed by atoms with E-state index in [0.29, 0.717) is 11.3 Å². The monoisotopic (exact) mass is 458 g/mol. The molecule has 0 heterocycles. The molecule has 0 saturated carbocycles. The molecule has 2 amide bonds.